The zero-order chi connectivity index (χ0) is 13.1. The first-order valence-corrected chi connectivity index (χ1v) is 8.45. The van der Waals surface area contributed by atoms with Gasteiger partial charge in [0.05, 0.1) is 5.88 Å². The SMILES string of the molecule is O=C(O)C1CSCN1C(=O)NC1CCS(=O)CC1. The van der Waals surface area contributed by atoms with Crippen LogP contribution in [0.5, 0.6) is 0 Å². The fourth-order valence-electron chi connectivity index (χ4n) is 2.04. The number of hydrogen-bond donors (Lipinski definition) is 2. The molecule has 2 aliphatic heterocycles. The fourth-order valence-corrected chi connectivity index (χ4v) is 4.49. The van der Waals surface area contributed by atoms with Gasteiger partial charge in [-0.25, -0.2) is 9.59 Å². The van der Waals surface area contributed by atoms with Crippen molar-refractivity contribution in [2.24, 2.45) is 0 Å². The molecule has 1 unspecified atom stereocenters. The molecule has 2 amide bonds. The molecule has 2 saturated heterocycles. The minimum absolute atomic E-state index is 0.0234. The number of carboxylic acid groups (broad SMARTS) is 1. The molecule has 0 aromatic carbocycles. The van der Waals surface area contributed by atoms with Crippen LogP contribution in [0.4, 0.5) is 4.79 Å². The van der Waals surface area contributed by atoms with E-state index in [0.29, 0.717) is 36.0 Å². The van der Waals surface area contributed by atoms with Gasteiger partial charge in [-0.2, -0.15) is 0 Å². The van der Waals surface area contributed by atoms with E-state index < -0.39 is 22.8 Å². The van der Waals surface area contributed by atoms with E-state index in [1.165, 1.54) is 16.7 Å². The number of nitrogens with zero attached hydrogens (tertiary/aromatic N) is 1. The van der Waals surface area contributed by atoms with Gasteiger partial charge in [0.15, 0.2) is 0 Å². The largest absolute Gasteiger partial charge is 0.480 e. The summed E-state index contributed by atoms with van der Waals surface area (Å²) >= 11 is 1.44. The maximum atomic E-state index is 12.0. The van der Waals surface area contributed by atoms with Gasteiger partial charge < -0.3 is 15.3 Å². The topological polar surface area (TPSA) is 86.7 Å². The Labute approximate surface area is 112 Å². The third-order valence-electron chi connectivity index (χ3n) is 3.14. The normalized spacial score (nSPS) is 32.2. The molecule has 2 heterocycles. The van der Waals surface area contributed by atoms with Crippen molar-refractivity contribution in [1.29, 1.82) is 0 Å². The quantitative estimate of drug-likeness (QED) is 0.752. The number of carbonyl (C=O) groups is 2. The van der Waals surface area contributed by atoms with Crippen molar-refractivity contribution in [3.63, 3.8) is 0 Å². The van der Waals surface area contributed by atoms with E-state index in [9.17, 15) is 13.8 Å². The number of thioether (sulfide) groups is 1. The van der Waals surface area contributed by atoms with Crippen molar-refractivity contribution in [2.45, 2.75) is 24.9 Å². The van der Waals surface area contributed by atoms with Crippen LogP contribution in [0.1, 0.15) is 12.8 Å². The molecule has 0 aromatic heterocycles. The molecule has 102 valence electrons. The number of carbonyl (C=O) groups excluding carboxylic acids is 1. The standard InChI is InChI=1S/C10H16N2O4S2/c13-9(14)8-5-17-6-12(8)10(15)11-7-1-3-18(16)4-2-7/h7-8H,1-6H2,(H,11,15)(H,13,14). The summed E-state index contributed by atoms with van der Waals surface area (Å²) in [6.07, 6.45) is 1.41. The third-order valence-corrected chi connectivity index (χ3v) is 5.54. The highest BCUT2D eigenvalue weighted by atomic mass is 32.2. The van der Waals surface area contributed by atoms with Gasteiger partial charge in [0.2, 0.25) is 0 Å². The molecule has 2 fully saturated rings. The molecule has 0 spiro atoms. The molecule has 0 aliphatic carbocycles. The molecule has 2 aliphatic rings. The summed E-state index contributed by atoms with van der Waals surface area (Å²) < 4.78 is 11.2. The van der Waals surface area contributed by atoms with Gasteiger partial charge in [-0.3, -0.25) is 4.21 Å². The van der Waals surface area contributed by atoms with Gasteiger partial charge in [0.25, 0.3) is 0 Å². The summed E-state index contributed by atoms with van der Waals surface area (Å²) in [5.74, 6) is 1.13. The van der Waals surface area contributed by atoms with Gasteiger partial charge in [-0.1, -0.05) is 0 Å². The lowest BCUT2D eigenvalue weighted by atomic mass is 10.1. The summed E-state index contributed by atoms with van der Waals surface area (Å²) in [6, 6.07) is -1.02. The van der Waals surface area contributed by atoms with Crippen LogP contribution >= 0.6 is 11.8 Å². The van der Waals surface area contributed by atoms with Crippen LogP contribution in [0.3, 0.4) is 0 Å². The Morgan fingerprint density at radius 2 is 2.00 bits per heavy atom. The Kier molecular flexibility index (Phi) is 4.50. The molecular formula is C10H16N2O4S2. The Hall–Kier alpha value is -0.760. The second-order valence-electron chi connectivity index (χ2n) is 4.40. The van der Waals surface area contributed by atoms with Crippen molar-refractivity contribution < 1.29 is 18.9 Å². The summed E-state index contributed by atoms with van der Waals surface area (Å²) in [5.41, 5.74) is 0. The minimum Gasteiger partial charge on any atom is -0.480 e. The summed E-state index contributed by atoms with van der Waals surface area (Å²) in [6.45, 7) is 0. The molecule has 0 radical (unpaired) electrons. The summed E-state index contributed by atoms with van der Waals surface area (Å²) in [7, 11) is -0.755. The lowest BCUT2D eigenvalue weighted by Gasteiger charge is -2.27. The predicted molar refractivity (Wildman–Crippen MR) is 70.0 cm³/mol. The van der Waals surface area contributed by atoms with Crippen LogP contribution in [-0.4, -0.2) is 61.4 Å². The van der Waals surface area contributed by atoms with Crippen LogP contribution in [0.25, 0.3) is 0 Å². The first-order valence-electron chi connectivity index (χ1n) is 5.80. The molecule has 0 saturated carbocycles. The highest BCUT2D eigenvalue weighted by Gasteiger charge is 2.35. The van der Waals surface area contributed by atoms with E-state index in [1.807, 2.05) is 0 Å². The average molecular weight is 292 g/mol. The van der Waals surface area contributed by atoms with E-state index >= 15 is 0 Å². The van der Waals surface area contributed by atoms with E-state index in [2.05, 4.69) is 5.32 Å². The van der Waals surface area contributed by atoms with Crippen molar-refractivity contribution in [3.8, 4) is 0 Å². The summed E-state index contributed by atoms with van der Waals surface area (Å²) in [4.78, 5) is 24.3. The number of aliphatic carboxylic acids is 1. The first kappa shape index (κ1) is 13.7. The van der Waals surface area contributed by atoms with Crippen LogP contribution in [0, 0.1) is 0 Å². The maximum Gasteiger partial charge on any atom is 0.327 e. The van der Waals surface area contributed by atoms with Gasteiger partial charge in [-0.15, -0.1) is 11.8 Å². The van der Waals surface area contributed by atoms with E-state index in [0.717, 1.165) is 0 Å². The average Bonchev–Trinajstić information content (AvgIpc) is 2.81. The molecule has 2 rings (SSSR count). The van der Waals surface area contributed by atoms with Crippen LogP contribution < -0.4 is 5.32 Å². The van der Waals surface area contributed by atoms with E-state index in [-0.39, 0.29) is 12.1 Å². The molecular weight excluding hydrogens is 276 g/mol. The number of nitrogens with one attached hydrogen (secondary N) is 1. The molecule has 6 nitrogen and oxygen atoms in total. The number of rotatable bonds is 2. The minimum atomic E-state index is -0.958. The first-order chi connectivity index (χ1) is 8.58. The number of hydrogen-bond acceptors (Lipinski definition) is 4. The Bertz CT molecular complexity index is 367. The maximum absolute atomic E-state index is 12.0. The lowest BCUT2D eigenvalue weighted by molar-refractivity contribution is -0.140. The van der Waals surface area contributed by atoms with Crippen LogP contribution in [0.2, 0.25) is 0 Å². The van der Waals surface area contributed by atoms with E-state index in [1.54, 1.807) is 0 Å². The Morgan fingerprint density at radius 3 is 2.61 bits per heavy atom. The van der Waals surface area contributed by atoms with Crippen molar-refractivity contribution >= 4 is 34.6 Å². The van der Waals surface area contributed by atoms with Gasteiger partial charge in [0, 0.05) is 34.1 Å². The number of amides is 2. The molecule has 8 heteroatoms. The Balaban J connectivity index is 1.87. The number of carboxylic acids is 1. The van der Waals surface area contributed by atoms with E-state index in [4.69, 9.17) is 5.11 Å². The number of urea groups is 1. The molecule has 18 heavy (non-hydrogen) atoms. The zero-order valence-corrected chi connectivity index (χ0v) is 11.5. The molecule has 0 aromatic rings. The predicted octanol–water partition coefficient (Wildman–Crippen LogP) is 0.0666. The fraction of sp³-hybridized carbons (Fsp3) is 0.800. The summed E-state index contributed by atoms with van der Waals surface area (Å²) in [5, 5.41) is 11.8. The molecule has 0 bridgehead atoms. The monoisotopic (exact) mass is 292 g/mol. The highest BCUT2D eigenvalue weighted by Crippen LogP contribution is 2.21. The lowest BCUT2D eigenvalue weighted by Crippen LogP contribution is -2.50. The van der Waals surface area contributed by atoms with Crippen LogP contribution in [-0.2, 0) is 15.6 Å². The second-order valence-corrected chi connectivity index (χ2v) is 7.09. The second kappa shape index (κ2) is 5.92. The smallest absolute Gasteiger partial charge is 0.327 e. The van der Waals surface area contributed by atoms with Gasteiger partial charge >= 0.3 is 12.0 Å². The van der Waals surface area contributed by atoms with Gasteiger partial charge in [0.1, 0.15) is 6.04 Å². The third kappa shape index (κ3) is 3.17. The zero-order valence-electron chi connectivity index (χ0n) is 9.83. The van der Waals surface area contributed by atoms with Crippen molar-refractivity contribution in [1.82, 2.24) is 10.2 Å². The van der Waals surface area contributed by atoms with Crippen molar-refractivity contribution in [2.75, 3.05) is 23.1 Å². The van der Waals surface area contributed by atoms with Gasteiger partial charge in [-0.05, 0) is 12.8 Å². The Morgan fingerprint density at radius 1 is 1.33 bits per heavy atom. The molecule has 2 N–H and O–H groups in total. The molecule has 1 atom stereocenters. The van der Waals surface area contributed by atoms with Crippen LogP contribution in [0.15, 0.2) is 0 Å². The van der Waals surface area contributed by atoms with Crippen molar-refractivity contribution in [3.05, 3.63) is 0 Å². The highest BCUT2D eigenvalue weighted by molar-refractivity contribution is 7.99.